The van der Waals surface area contributed by atoms with Crippen LogP contribution in [0.3, 0.4) is 0 Å². The van der Waals surface area contributed by atoms with Crippen LogP contribution in [-0.2, 0) is 24.3 Å². The van der Waals surface area contributed by atoms with Crippen LogP contribution in [0.25, 0.3) is 11.0 Å². The van der Waals surface area contributed by atoms with E-state index in [0.29, 0.717) is 24.4 Å². The van der Waals surface area contributed by atoms with Crippen LogP contribution in [0.1, 0.15) is 24.8 Å². The molecule has 1 aliphatic heterocycles. The first-order valence-corrected chi connectivity index (χ1v) is 12.9. The van der Waals surface area contributed by atoms with Crippen molar-refractivity contribution in [2.75, 3.05) is 31.6 Å². The second-order valence-corrected chi connectivity index (χ2v) is 10.3. The van der Waals surface area contributed by atoms with Gasteiger partial charge in [0.15, 0.2) is 13.2 Å². The second kappa shape index (κ2) is 10.9. The fourth-order valence-electron chi connectivity index (χ4n) is 3.91. The van der Waals surface area contributed by atoms with Crippen LogP contribution in [0.5, 0.6) is 5.75 Å². The molecule has 0 spiro atoms. The van der Waals surface area contributed by atoms with Gasteiger partial charge in [-0.1, -0.05) is 12.5 Å². The number of sulfonamides is 1. The third-order valence-electron chi connectivity index (χ3n) is 5.71. The molecule has 0 saturated carbocycles. The number of fused-ring (bicyclic) bond motifs is 1. The lowest BCUT2D eigenvalue weighted by atomic mass is 10.1. The van der Waals surface area contributed by atoms with Gasteiger partial charge in [0, 0.05) is 36.3 Å². The number of nitrogens with one attached hydrogen (secondary N) is 1. The molecule has 2 aromatic carbocycles. The van der Waals surface area contributed by atoms with Crippen molar-refractivity contribution in [1.82, 2.24) is 4.31 Å². The van der Waals surface area contributed by atoms with Crippen LogP contribution >= 0.6 is 0 Å². The zero-order chi connectivity index (χ0) is 25.7. The van der Waals surface area contributed by atoms with Crippen LogP contribution in [-0.4, -0.2) is 50.9 Å². The topological polar surface area (TPSA) is 132 Å². The van der Waals surface area contributed by atoms with Gasteiger partial charge >= 0.3 is 11.6 Å². The van der Waals surface area contributed by atoms with E-state index in [0.717, 1.165) is 30.2 Å². The maximum Gasteiger partial charge on any atom is 0.344 e. The lowest BCUT2D eigenvalue weighted by Gasteiger charge is -2.26. The Morgan fingerprint density at radius 3 is 2.58 bits per heavy atom. The Bertz CT molecular complexity index is 1440. The molecule has 1 aromatic heterocycles. The maximum absolute atomic E-state index is 12.8. The Morgan fingerprint density at radius 2 is 1.81 bits per heavy atom. The number of hydrogen-bond acceptors (Lipinski definition) is 8. The Hall–Kier alpha value is -3.70. The second-order valence-electron chi connectivity index (χ2n) is 8.40. The average molecular weight is 515 g/mol. The van der Waals surface area contributed by atoms with Crippen LogP contribution in [0.15, 0.2) is 62.6 Å². The summed E-state index contributed by atoms with van der Waals surface area (Å²) in [5.41, 5.74) is 0.873. The number of piperidine rings is 1. The maximum atomic E-state index is 12.8. The van der Waals surface area contributed by atoms with Crippen LogP contribution < -0.4 is 15.7 Å². The molecule has 1 saturated heterocycles. The summed E-state index contributed by atoms with van der Waals surface area (Å²) in [7, 11) is -3.64. The fraction of sp³-hybridized carbons (Fsp3) is 0.320. The molecule has 3 aromatic rings. The summed E-state index contributed by atoms with van der Waals surface area (Å²) in [6.45, 7) is 1.70. The van der Waals surface area contributed by atoms with Crippen molar-refractivity contribution in [3.05, 3.63) is 64.5 Å². The molecule has 1 N–H and O–H groups in total. The van der Waals surface area contributed by atoms with Gasteiger partial charge in [-0.3, -0.25) is 4.79 Å². The minimum atomic E-state index is -3.64. The molecule has 2 heterocycles. The van der Waals surface area contributed by atoms with Gasteiger partial charge in [-0.05, 0) is 55.7 Å². The van der Waals surface area contributed by atoms with E-state index >= 15 is 0 Å². The zero-order valence-electron chi connectivity index (χ0n) is 19.7. The number of esters is 1. The number of anilines is 1. The Kier molecular flexibility index (Phi) is 7.70. The number of rotatable bonds is 8. The van der Waals surface area contributed by atoms with Crippen LogP contribution in [0.4, 0.5) is 5.69 Å². The number of amides is 1. The van der Waals surface area contributed by atoms with E-state index < -0.39 is 40.7 Å². The van der Waals surface area contributed by atoms with Gasteiger partial charge in [0.1, 0.15) is 11.3 Å². The predicted octanol–water partition coefficient (Wildman–Crippen LogP) is 2.84. The fourth-order valence-corrected chi connectivity index (χ4v) is 5.47. The lowest BCUT2D eigenvalue weighted by molar-refractivity contribution is -0.149. The van der Waals surface area contributed by atoms with Gasteiger partial charge in [-0.15, -0.1) is 0 Å². The predicted molar refractivity (Wildman–Crippen MR) is 131 cm³/mol. The van der Waals surface area contributed by atoms with Gasteiger partial charge in [-0.2, -0.15) is 4.31 Å². The van der Waals surface area contributed by atoms with Gasteiger partial charge in [0.25, 0.3) is 5.91 Å². The highest BCUT2D eigenvalue weighted by molar-refractivity contribution is 7.89. The van der Waals surface area contributed by atoms with E-state index in [1.807, 2.05) is 0 Å². The summed E-state index contributed by atoms with van der Waals surface area (Å²) in [5.74, 6) is -1.11. The number of benzene rings is 2. The summed E-state index contributed by atoms with van der Waals surface area (Å²) in [6.07, 6.45) is 2.65. The van der Waals surface area contributed by atoms with Crippen molar-refractivity contribution in [3.8, 4) is 5.75 Å². The minimum absolute atomic E-state index is 0.0917. The largest absolute Gasteiger partial charge is 0.482 e. The molecule has 0 unspecified atom stereocenters. The van der Waals surface area contributed by atoms with E-state index in [2.05, 4.69) is 5.32 Å². The van der Waals surface area contributed by atoms with E-state index in [1.165, 1.54) is 28.6 Å². The van der Waals surface area contributed by atoms with Gasteiger partial charge in [0.2, 0.25) is 10.0 Å². The van der Waals surface area contributed by atoms with E-state index in [-0.39, 0.29) is 10.6 Å². The first-order valence-electron chi connectivity index (χ1n) is 11.5. The third-order valence-corrected chi connectivity index (χ3v) is 7.61. The molecule has 0 bridgehead atoms. The van der Waals surface area contributed by atoms with Crippen molar-refractivity contribution in [3.63, 3.8) is 0 Å². The highest BCUT2D eigenvalue weighted by atomic mass is 32.2. The van der Waals surface area contributed by atoms with Gasteiger partial charge in [0.05, 0.1) is 4.90 Å². The molecule has 0 atom stereocenters. The van der Waals surface area contributed by atoms with Crippen molar-refractivity contribution >= 4 is 38.6 Å². The Balaban J connectivity index is 1.28. The van der Waals surface area contributed by atoms with Crippen molar-refractivity contribution < 1.29 is 31.9 Å². The Morgan fingerprint density at radius 1 is 1.03 bits per heavy atom. The number of aryl methyl sites for hydroxylation is 1. The average Bonchev–Trinajstić information content (AvgIpc) is 2.86. The lowest BCUT2D eigenvalue weighted by Crippen LogP contribution is -2.35. The zero-order valence-corrected chi connectivity index (χ0v) is 20.5. The quantitative estimate of drug-likeness (QED) is 0.359. The summed E-state index contributed by atoms with van der Waals surface area (Å²) in [5, 5.41) is 3.28. The molecule has 190 valence electrons. The normalized spacial score (nSPS) is 14.4. The summed E-state index contributed by atoms with van der Waals surface area (Å²) in [4.78, 5) is 35.9. The molecule has 10 nitrogen and oxygen atoms in total. The van der Waals surface area contributed by atoms with Crippen molar-refractivity contribution in [2.45, 2.75) is 31.1 Å². The molecule has 0 aliphatic carbocycles. The molecule has 1 aliphatic rings. The summed E-state index contributed by atoms with van der Waals surface area (Å²) >= 11 is 0. The highest BCUT2D eigenvalue weighted by Gasteiger charge is 2.26. The van der Waals surface area contributed by atoms with Gasteiger partial charge < -0.3 is 19.2 Å². The third kappa shape index (κ3) is 6.10. The molecule has 36 heavy (non-hydrogen) atoms. The first-order chi connectivity index (χ1) is 17.2. The first kappa shape index (κ1) is 25.4. The van der Waals surface area contributed by atoms with E-state index in [4.69, 9.17) is 13.9 Å². The molecule has 1 amide bonds. The van der Waals surface area contributed by atoms with Crippen LogP contribution in [0, 0.1) is 6.92 Å². The SMILES string of the molecule is Cc1cc(=O)oc2cc(OCC(=O)OCC(=O)Nc3cccc(S(=O)(=O)N4CCCCC4)c3)ccc12. The van der Waals surface area contributed by atoms with Crippen LogP contribution in [0.2, 0.25) is 0 Å². The summed E-state index contributed by atoms with van der Waals surface area (Å²) in [6, 6.07) is 12.2. The molecule has 11 heteroatoms. The van der Waals surface area contributed by atoms with Crippen molar-refractivity contribution in [1.29, 1.82) is 0 Å². The number of carbonyl (C=O) groups is 2. The van der Waals surface area contributed by atoms with Gasteiger partial charge in [-0.25, -0.2) is 18.0 Å². The Labute approximate surface area is 207 Å². The van der Waals surface area contributed by atoms with Crippen molar-refractivity contribution in [2.24, 2.45) is 0 Å². The highest BCUT2D eigenvalue weighted by Crippen LogP contribution is 2.23. The molecule has 4 rings (SSSR count). The number of ether oxygens (including phenoxy) is 2. The number of nitrogens with zero attached hydrogens (tertiary/aromatic N) is 1. The minimum Gasteiger partial charge on any atom is -0.482 e. The smallest absolute Gasteiger partial charge is 0.344 e. The number of carbonyl (C=O) groups excluding carboxylic acids is 2. The summed E-state index contributed by atoms with van der Waals surface area (Å²) < 4.78 is 42.6. The van der Waals surface area contributed by atoms with E-state index in [9.17, 15) is 22.8 Å². The molecular formula is C25H26N2O8S. The molecular weight excluding hydrogens is 488 g/mol. The molecule has 0 radical (unpaired) electrons. The number of hydrogen-bond donors (Lipinski definition) is 1. The monoisotopic (exact) mass is 514 g/mol. The molecule has 1 fully saturated rings. The standard InChI is InChI=1S/C25H26N2O8S/c1-17-12-24(29)35-22-14-19(8-9-21(17)22)33-16-25(30)34-15-23(28)26-18-6-5-7-20(13-18)36(31,32)27-10-3-2-4-11-27/h5-9,12-14H,2-4,10-11,15-16H2,1H3,(H,26,28). The van der Waals surface area contributed by atoms with E-state index in [1.54, 1.807) is 31.2 Å².